The van der Waals surface area contributed by atoms with Crippen LogP contribution in [-0.4, -0.2) is 34.6 Å². The number of halogens is 2. The van der Waals surface area contributed by atoms with Crippen molar-refractivity contribution >= 4 is 46.7 Å². The summed E-state index contributed by atoms with van der Waals surface area (Å²) in [6, 6.07) is 7.54. The second-order valence-electron chi connectivity index (χ2n) is 5.39. The fourth-order valence-electron chi connectivity index (χ4n) is 2.27. The van der Waals surface area contributed by atoms with Crippen molar-refractivity contribution in [2.75, 3.05) is 11.9 Å². The standard InChI is InChI=1S/C17H15Cl2N3O5/c18-9-5-11(15(12(19)6-9)27-7-13(23)24)14(17(25)26)22-10-3-1-8(2-4-10)16(20)21/h1-6,14,22H,7H2,(H3,20,21)(H,23,24)(H,25,26). The number of amidine groups is 1. The van der Waals surface area contributed by atoms with Crippen molar-refractivity contribution < 1.29 is 24.5 Å². The first kappa shape index (κ1) is 20.3. The largest absolute Gasteiger partial charge is 0.480 e. The van der Waals surface area contributed by atoms with E-state index in [4.69, 9.17) is 44.2 Å². The number of nitrogens with one attached hydrogen (secondary N) is 2. The molecule has 0 aliphatic heterocycles. The summed E-state index contributed by atoms with van der Waals surface area (Å²) in [5, 5.41) is 28.8. The first-order valence-corrected chi connectivity index (χ1v) is 8.22. The van der Waals surface area contributed by atoms with Crippen LogP contribution in [0.5, 0.6) is 5.75 Å². The van der Waals surface area contributed by atoms with Crippen LogP contribution in [-0.2, 0) is 9.59 Å². The van der Waals surface area contributed by atoms with E-state index in [2.05, 4.69) is 5.32 Å². The van der Waals surface area contributed by atoms with Crippen molar-refractivity contribution in [3.63, 3.8) is 0 Å². The molecular weight excluding hydrogens is 397 g/mol. The predicted octanol–water partition coefficient (Wildman–Crippen LogP) is 2.98. The maximum Gasteiger partial charge on any atom is 0.341 e. The quantitative estimate of drug-likeness (QED) is 0.331. The third kappa shape index (κ3) is 5.25. The Kier molecular flexibility index (Phi) is 6.49. The van der Waals surface area contributed by atoms with Gasteiger partial charge in [0.2, 0.25) is 0 Å². The van der Waals surface area contributed by atoms with Gasteiger partial charge in [-0.3, -0.25) is 5.41 Å². The van der Waals surface area contributed by atoms with Gasteiger partial charge in [0.25, 0.3) is 0 Å². The SMILES string of the molecule is N=C(N)c1ccc(NC(C(=O)O)c2cc(Cl)cc(Cl)c2OCC(=O)O)cc1. The van der Waals surface area contributed by atoms with Crippen LogP contribution in [0, 0.1) is 5.41 Å². The summed E-state index contributed by atoms with van der Waals surface area (Å²) in [5.41, 5.74) is 6.36. The van der Waals surface area contributed by atoms with Crippen molar-refractivity contribution in [3.05, 3.63) is 57.6 Å². The summed E-state index contributed by atoms with van der Waals surface area (Å²) in [7, 11) is 0. The summed E-state index contributed by atoms with van der Waals surface area (Å²) in [6.45, 7) is -0.700. The lowest BCUT2D eigenvalue weighted by atomic mass is 10.0. The fourth-order valence-corrected chi connectivity index (χ4v) is 2.83. The average molecular weight is 412 g/mol. The maximum absolute atomic E-state index is 11.8. The molecule has 2 rings (SSSR count). The van der Waals surface area contributed by atoms with Gasteiger partial charge in [-0.25, -0.2) is 9.59 Å². The normalized spacial score (nSPS) is 11.5. The van der Waals surface area contributed by atoms with Gasteiger partial charge in [-0.2, -0.15) is 0 Å². The highest BCUT2D eigenvalue weighted by Gasteiger charge is 2.26. The highest BCUT2D eigenvalue weighted by atomic mass is 35.5. The summed E-state index contributed by atoms with van der Waals surface area (Å²) in [5.74, 6) is -2.72. The first-order valence-electron chi connectivity index (χ1n) is 7.46. The summed E-state index contributed by atoms with van der Waals surface area (Å²) >= 11 is 12.0. The second kappa shape index (κ2) is 8.61. The Labute approximate surface area is 164 Å². The van der Waals surface area contributed by atoms with Crippen molar-refractivity contribution in [3.8, 4) is 5.75 Å². The molecule has 142 valence electrons. The maximum atomic E-state index is 11.8. The Morgan fingerprint density at radius 2 is 1.81 bits per heavy atom. The molecule has 0 spiro atoms. The Morgan fingerprint density at radius 1 is 1.19 bits per heavy atom. The number of carboxylic acid groups (broad SMARTS) is 2. The zero-order chi connectivity index (χ0) is 20.1. The molecule has 2 aromatic carbocycles. The highest BCUT2D eigenvalue weighted by molar-refractivity contribution is 6.35. The molecule has 0 aliphatic carbocycles. The first-order chi connectivity index (χ1) is 12.7. The molecule has 2 aromatic rings. The molecule has 0 radical (unpaired) electrons. The van der Waals surface area contributed by atoms with Gasteiger partial charge in [0.05, 0.1) is 5.02 Å². The number of ether oxygens (including phenoxy) is 1. The van der Waals surface area contributed by atoms with Crippen LogP contribution >= 0.6 is 23.2 Å². The molecule has 1 atom stereocenters. The number of aliphatic carboxylic acids is 2. The van der Waals surface area contributed by atoms with E-state index in [1.54, 1.807) is 24.3 Å². The minimum absolute atomic E-state index is 0.0151. The molecule has 0 aromatic heterocycles. The number of carboxylic acids is 2. The lowest BCUT2D eigenvalue weighted by Gasteiger charge is -2.20. The third-order valence-electron chi connectivity index (χ3n) is 3.44. The van der Waals surface area contributed by atoms with Gasteiger partial charge in [-0.15, -0.1) is 0 Å². The van der Waals surface area contributed by atoms with Gasteiger partial charge in [0, 0.05) is 21.8 Å². The topological polar surface area (TPSA) is 146 Å². The molecule has 0 bridgehead atoms. The van der Waals surface area contributed by atoms with Crippen LogP contribution < -0.4 is 15.8 Å². The number of anilines is 1. The molecule has 0 saturated heterocycles. The molecule has 10 heteroatoms. The van der Waals surface area contributed by atoms with Gasteiger partial charge in [0.15, 0.2) is 12.6 Å². The minimum atomic E-state index is -1.33. The Hall–Kier alpha value is -2.97. The molecule has 0 fully saturated rings. The number of rotatable bonds is 8. The summed E-state index contributed by atoms with van der Waals surface area (Å²) < 4.78 is 5.17. The molecule has 27 heavy (non-hydrogen) atoms. The van der Waals surface area contributed by atoms with Gasteiger partial charge < -0.3 is 26.0 Å². The van der Waals surface area contributed by atoms with Crippen molar-refractivity contribution in [1.82, 2.24) is 0 Å². The van der Waals surface area contributed by atoms with E-state index in [-0.39, 0.29) is 27.2 Å². The van der Waals surface area contributed by atoms with Gasteiger partial charge in [-0.05, 0) is 36.4 Å². The number of benzene rings is 2. The predicted molar refractivity (Wildman–Crippen MR) is 101 cm³/mol. The van der Waals surface area contributed by atoms with Crippen LogP contribution in [0.4, 0.5) is 5.69 Å². The number of carbonyl (C=O) groups is 2. The van der Waals surface area contributed by atoms with Gasteiger partial charge in [0.1, 0.15) is 11.6 Å². The number of nitrogen functional groups attached to an aromatic ring is 1. The van der Waals surface area contributed by atoms with Crippen LogP contribution in [0.1, 0.15) is 17.2 Å². The number of nitrogens with two attached hydrogens (primary N) is 1. The van der Waals surface area contributed by atoms with Gasteiger partial charge in [-0.1, -0.05) is 23.2 Å². The average Bonchev–Trinajstić information content (AvgIpc) is 2.58. The zero-order valence-electron chi connectivity index (χ0n) is 13.7. The van der Waals surface area contributed by atoms with Crippen LogP contribution in [0.3, 0.4) is 0 Å². The molecule has 0 heterocycles. The lowest BCUT2D eigenvalue weighted by Crippen LogP contribution is -2.22. The zero-order valence-corrected chi connectivity index (χ0v) is 15.2. The minimum Gasteiger partial charge on any atom is -0.480 e. The molecular formula is C17H15Cl2N3O5. The number of hydrogen-bond donors (Lipinski definition) is 5. The third-order valence-corrected chi connectivity index (χ3v) is 3.94. The van der Waals surface area contributed by atoms with E-state index in [1.165, 1.54) is 12.1 Å². The van der Waals surface area contributed by atoms with E-state index in [0.717, 1.165) is 0 Å². The Morgan fingerprint density at radius 3 is 2.33 bits per heavy atom. The van der Waals surface area contributed by atoms with Gasteiger partial charge >= 0.3 is 11.9 Å². The smallest absolute Gasteiger partial charge is 0.341 e. The molecule has 0 saturated carbocycles. The van der Waals surface area contributed by atoms with Crippen molar-refractivity contribution in [2.45, 2.75) is 6.04 Å². The van der Waals surface area contributed by atoms with Crippen LogP contribution in [0.2, 0.25) is 10.0 Å². The fraction of sp³-hybridized carbons (Fsp3) is 0.118. The van der Waals surface area contributed by atoms with E-state index >= 15 is 0 Å². The van der Waals surface area contributed by atoms with E-state index < -0.39 is 24.6 Å². The lowest BCUT2D eigenvalue weighted by molar-refractivity contribution is -0.139. The van der Waals surface area contributed by atoms with Crippen LogP contribution in [0.25, 0.3) is 0 Å². The molecule has 0 aliphatic rings. The monoisotopic (exact) mass is 411 g/mol. The summed E-state index contributed by atoms with van der Waals surface area (Å²) in [4.78, 5) is 22.6. The highest BCUT2D eigenvalue weighted by Crippen LogP contribution is 2.37. The molecule has 6 N–H and O–H groups in total. The second-order valence-corrected chi connectivity index (χ2v) is 6.24. The van der Waals surface area contributed by atoms with E-state index in [0.29, 0.717) is 11.3 Å². The van der Waals surface area contributed by atoms with E-state index in [9.17, 15) is 14.7 Å². The molecule has 1 unspecified atom stereocenters. The molecule has 8 nitrogen and oxygen atoms in total. The Bertz CT molecular complexity index is 887. The molecule has 0 amide bonds. The van der Waals surface area contributed by atoms with Crippen LogP contribution in [0.15, 0.2) is 36.4 Å². The number of hydrogen-bond acceptors (Lipinski definition) is 5. The van der Waals surface area contributed by atoms with Crippen molar-refractivity contribution in [1.29, 1.82) is 5.41 Å². The van der Waals surface area contributed by atoms with E-state index in [1.807, 2.05) is 0 Å². The summed E-state index contributed by atoms with van der Waals surface area (Å²) in [6.07, 6.45) is 0. The Balaban J connectivity index is 2.41. The van der Waals surface area contributed by atoms with Crippen molar-refractivity contribution in [2.24, 2.45) is 5.73 Å².